The Labute approximate surface area is 161 Å². The van der Waals surface area contributed by atoms with Gasteiger partial charge in [-0.1, -0.05) is 32.9 Å². The highest BCUT2D eigenvalue weighted by Crippen LogP contribution is 2.23. The minimum atomic E-state index is -1.01. The van der Waals surface area contributed by atoms with Crippen LogP contribution in [0.15, 0.2) is 52.0 Å². The van der Waals surface area contributed by atoms with Crippen LogP contribution >= 0.6 is 0 Å². The van der Waals surface area contributed by atoms with E-state index in [1.165, 1.54) is 18.3 Å². The van der Waals surface area contributed by atoms with Crippen LogP contribution in [0.3, 0.4) is 0 Å². The number of nitrogens with one attached hydrogen (secondary N) is 2. The number of rotatable bonds is 5. The summed E-state index contributed by atoms with van der Waals surface area (Å²) in [5.41, 5.74) is 4.15. The van der Waals surface area contributed by atoms with Crippen LogP contribution in [0.5, 0.6) is 0 Å². The number of carbonyl (C=O) groups is 2. The molecule has 3 aromatic rings. The van der Waals surface area contributed by atoms with Gasteiger partial charge in [0.25, 0.3) is 5.91 Å². The zero-order chi connectivity index (χ0) is 20.3. The molecule has 1 aromatic carbocycles. The van der Waals surface area contributed by atoms with Crippen molar-refractivity contribution >= 4 is 18.1 Å². The van der Waals surface area contributed by atoms with Gasteiger partial charge in [-0.05, 0) is 30.3 Å². The maximum Gasteiger partial charge on any atom is 0.335 e. The van der Waals surface area contributed by atoms with Crippen LogP contribution < -0.4 is 5.43 Å². The van der Waals surface area contributed by atoms with Crippen LogP contribution in [-0.4, -0.2) is 33.4 Å². The molecule has 0 atom stereocenters. The molecule has 0 unspecified atom stereocenters. The van der Waals surface area contributed by atoms with E-state index in [1.54, 1.807) is 30.3 Å². The summed E-state index contributed by atoms with van der Waals surface area (Å²) in [4.78, 5) is 23.2. The van der Waals surface area contributed by atoms with Gasteiger partial charge in [0.05, 0.1) is 11.8 Å². The highest BCUT2D eigenvalue weighted by molar-refractivity contribution is 5.93. The van der Waals surface area contributed by atoms with E-state index in [2.05, 4.69) is 20.7 Å². The van der Waals surface area contributed by atoms with E-state index in [0.717, 1.165) is 5.69 Å². The number of hydrogen-bond donors (Lipinski definition) is 3. The summed E-state index contributed by atoms with van der Waals surface area (Å²) in [6.45, 7) is 6.04. The van der Waals surface area contributed by atoms with Gasteiger partial charge in [0.2, 0.25) is 0 Å². The fourth-order valence-corrected chi connectivity index (χ4v) is 2.42. The van der Waals surface area contributed by atoms with Gasteiger partial charge in [0, 0.05) is 16.7 Å². The molecule has 0 saturated carbocycles. The van der Waals surface area contributed by atoms with Gasteiger partial charge in [0.1, 0.15) is 11.5 Å². The molecule has 0 saturated heterocycles. The van der Waals surface area contributed by atoms with Crippen LogP contribution in [0.2, 0.25) is 0 Å². The number of carboxylic acid groups (broad SMARTS) is 1. The number of carboxylic acids is 1. The molecular weight excluding hydrogens is 360 g/mol. The van der Waals surface area contributed by atoms with Crippen LogP contribution in [0.25, 0.3) is 11.3 Å². The highest BCUT2D eigenvalue weighted by atomic mass is 16.4. The topological polar surface area (TPSA) is 121 Å². The van der Waals surface area contributed by atoms with Gasteiger partial charge in [-0.3, -0.25) is 9.89 Å². The zero-order valence-electron chi connectivity index (χ0n) is 15.7. The second-order valence-electron chi connectivity index (χ2n) is 7.20. The first-order chi connectivity index (χ1) is 13.2. The van der Waals surface area contributed by atoms with Gasteiger partial charge in [0.15, 0.2) is 5.69 Å². The average Bonchev–Trinajstić information content (AvgIpc) is 3.31. The second-order valence-corrected chi connectivity index (χ2v) is 7.20. The third-order valence-corrected chi connectivity index (χ3v) is 4.00. The third-order valence-electron chi connectivity index (χ3n) is 4.00. The molecule has 0 radical (unpaired) electrons. The monoisotopic (exact) mass is 380 g/mol. The maximum absolute atomic E-state index is 12.1. The fraction of sp³-hybridized carbons (Fsp3) is 0.200. The number of amides is 1. The molecule has 0 aliphatic rings. The summed E-state index contributed by atoms with van der Waals surface area (Å²) in [6.07, 6.45) is 1.36. The summed E-state index contributed by atoms with van der Waals surface area (Å²) in [7, 11) is 0. The van der Waals surface area contributed by atoms with E-state index in [-0.39, 0.29) is 16.7 Å². The molecule has 8 heteroatoms. The second kappa shape index (κ2) is 7.51. The summed E-state index contributed by atoms with van der Waals surface area (Å²) in [6, 6.07) is 11.5. The number of nitrogens with zero attached hydrogens (tertiary/aromatic N) is 2. The van der Waals surface area contributed by atoms with E-state index < -0.39 is 11.9 Å². The first-order valence-corrected chi connectivity index (χ1v) is 8.57. The number of H-pyrrole nitrogens is 1. The Morgan fingerprint density at radius 2 is 2.00 bits per heavy atom. The predicted octanol–water partition coefficient (Wildman–Crippen LogP) is 3.43. The first-order valence-electron chi connectivity index (χ1n) is 8.57. The average molecular weight is 380 g/mol. The number of aromatic amines is 1. The van der Waals surface area contributed by atoms with E-state index in [4.69, 9.17) is 9.52 Å². The van der Waals surface area contributed by atoms with Crippen molar-refractivity contribution < 1.29 is 19.1 Å². The Hall–Kier alpha value is -3.68. The smallest absolute Gasteiger partial charge is 0.335 e. The normalized spacial score (nSPS) is 11.7. The van der Waals surface area contributed by atoms with Crippen molar-refractivity contribution in [3.63, 3.8) is 0 Å². The van der Waals surface area contributed by atoms with Crippen molar-refractivity contribution in [2.75, 3.05) is 0 Å². The molecule has 3 N–H and O–H groups in total. The molecule has 0 bridgehead atoms. The summed E-state index contributed by atoms with van der Waals surface area (Å²) in [5, 5.41) is 19.8. The van der Waals surface area contributed by atoms with Gasteiger partial charge < -0.3 is 9.52 Å². The van der Waals surface area contributed by atoms with Crippen molar-refractivity contribution in [2.24, 2.45) is 5.10 Å². The molecule has 144 valence electrons. The molecule has 8 nitrogen and oxygen atoms in total. The summed E-state index contributed by atoms with van der Waals surface area (Å²) in [5.74, 6) is -0.540. The number of benzene rings is 1. The molecule has 0 fully saturated rings. The van der Waals surface area contributed by atoms with Gasteiger partial charge >= 0.3 is 5.97 Å². The van der Waals surface area contributed by atoms with Crippen molar-refractivity contribution in [2.45, 2.75) is 26.2 Å². The lowest BCUT2D eigenvalue weighted by molar-refractivity contribution is 0.0696. The number of aromatic nitrogens is 2. The van der Waals surface area contributed by atoms with Crippen molar-refractivity contribution in [3.8, 4) is 11.3 Å². The van der Waals surface area contributed by atoms with Crippen molar-refractivity contribution in [1.29, 1.82) is 0 Å². The van der Waals surface area contributed by atoms with Crippen molar-refractivity contribution in [1.82, 2.24) is 15.6 Å². The number of hydrazone groups is 1. The number of carbonyl (C=O) groups excluding carboxylic acids is 1. The number of aromatic carboxylic acids is 1. The zero-order valence-corrected chi connectivity index (χ0v) is 15.7. The largest absolute Gasteiger partial charge is 0.478 e. The lowest BCUT2D eigenvalue weighted by Crippen LogP contribution is -2.18. The minimum Gasteiger partial charge on any atom is -0.478 e. The van der Waals surface area contributed by atoms with Crippen LogP contribution in [0, 0.1) is 0 Å². The molecule has 2 heterocycles. The first kappa shape index (κ1) is 19.1. The molecular formula is C20H20N4O4. The molecule has 3 rings (SSSR count). The van der Waals surface area contributed by atoms with E-state index in [0.29, 0.717) is 17.1 Å². The van der Waals surface area contributed by atoms with Crippen LogP contribution in [-0.2, 0) is 5.41 Å². The molecule has 2 aromatic heterocycles. The van der Waals surface area contributed by atoms with E-state index >= 15 is 0 Å². The van der Waals surface area contributed by atoms with E-state index in [1.807, 2.05) is 20.8 Å². The van der Waals surface area contributed by atoms with Gasteiger partial charge in [-0.15, -0.1) is 0 Å². The molecule has 0 aliphatic carbocycles. The number of hydrogen-bond acceptors (Lipinski definition) is 5. The molecule has 1 amide bonds. The lowest BCUT2D eigenvalue weighted by Gasteiger charge is -2.14. The standard InChI is InChI=1S/C20H20N4O4/c1-20(2,3)17-10-15(22-23-17)18(25)24-21-11-14-7-8-16(28-14)12-5-4-6-13(9-12)19(26)27/h4-11H,1-3H3,(H,22,23)(H,24,25)(H,26,27)/b21-11+. The fourth-order valence-electron chi connectivity index (χ4n) is 2.42. The molecule has 0 spiro atoms. The van der Waals surface area contributed by atoms with Gasteiger partial charge in [-0.25, -0.2) is 10.2 Å². The third kappa shape index (κ3) is 4.35. The van der Waals surface area contributed by atoms with Crippen LogP contribution in [0.4, 0.5) is 0 Å². The quantitative estimate of drug-likeness (QED) is 0.462. The van der Waals surface area contributed by atoms with Gasteiger partial charge in [-0.2, -0.15) is 10.2 Å². The number of furan rings is 1. The Morgan fingerprint density at radius 1 is 1.21 bits per heavy atom. The molecule has 28 heavy (non-hydrogen) atoms. The molecule has 0 aliphatic heterocycles. The van der Waals surface area contributed by atoms with Crippen LogP contribution in [0.1, 0.15) is 53.1 Å². The SMILES string of the molecule is CC(C)(C)c1cc(C(=O)N/N=C/c2ccc(-c3cccc(C(=O)O)c3)o2)n[nH]1. The Bertz CT molecular complexity index is 1040. The Morgan fingerprint density at radius 3 is 2.68 bits per heavy atom. The lowest BCUT2D eigenvalue weighted by atomic mass is 9.92. The Kier molecular flexibility index (Phi) is 5.12. The van der Waals surface area contributed by atoms with Crippen molar-refractivity contribution in [3.05, 3.63) is 65.2 Å². The maximum atomic E-state index is 12.1. The highest BCUT2D eigenvalue weighted by Gasteiger charge is 2.19. The minimum absolute atomic E-state index is 0.142. The predicted molar refractivity (Wildman–Crippen MR) is 103 cm³/mol. The summed E-state index contributed by atoms with van der Waals surface area (Å²) < 4.78 is 5.63. The summed E-state index contributed by atoms with van der Waals surface area (Å²) >= 11 is 0. The Balaban J connectivity index is 1.66. The van der Waals surface area contributed by atoms with E-state index in [9.17, 15) is 9.59 Å².